The molecular weight excluding hydrogens is 284 g/mol. The lowest BCUT2D eigenvalue weighted by molar-refractivity contribution is -0.156. The predicted molar refractivity (Wildman–Crippen MR) is 73.6 cm³/mol. The maximum atomic E-state index is 12.5. The number of carbonyl (C=O) groups excluding carboxylic acids is 2. The zero-order valence-electron chi connectivity index (χ0n) is 11.9. The SMILES string of the molecule is CC(=O)O[C@@]1(C#N)C[C@@H]2O[C@H]1[C@@H]1[C@H]2N1C(=O)c1ccccc1. The van der Waals surface area contributed by atoms with E-state index >= 15 is 0 Å². The van der Waals surface area contributed by atoms with Crippen LogP contribution in [0.5, 0.6) is 0 Å². The number of morpholine rings is 1. The molecule has 3 heterocycles. The highest BCUT2D eigenvalue weighted by molar-refractivity contribution is 5.97. The normalized spacial score (nSPS) is 37.4. The number of nitrogens with zero attached hydrogens (tertiary/aromatic N) is 2. The van der Waals surface area contributed by atoms with Gasteiger partial charge in [0.2, 0.25) is 5.60 Å². The van der Waals surface area contributed by atoms with Gasteiger partial charge in [-0.05, 0) is 12.1 Å². The molecule has 6 heteroatoms. The molecule has 1 aromatic rings. The number of nitriles is 1. The maximum Gasteiger partial charge on any atom is 0.304 e. The quantitative estimate of drug-likeness (QED) is 0.598. The second kappa shape index (κ2) is 4.31. The molecule has 0 N–H and O–H groups in total. The third-order valence-electron chi connectivity index (χ3n) is 4.65. The molecular formula is C16H14N2O4. The average Bonchev–Trinajstić information content (AvgIpc) is 3.02. The first-order valence-corrected chi connectivity index (χ1v) is 7.21. The van der Waals surface area contributed by atoms with Gasteiger partial charge in [0, 0.05) is 18.9 Å². The van der Waals surface area contributed by atoms with E-state index in [0.717, 1.165) is 0 Å². The summed E-state index contributed by atoms with van der Waals surface area (Å²) >= 11 is 0. The van der Waals surface area contributed by atoms with E-state index in [1.54, 1.807) is 17.0 Å². The summed E-state index contributed by atoms with van der Waals surface area (Å²) in [7, 11) is 0. The Morgan fingerprint density at radius 1 is 1.36 bits per heavy atom. The molecule has 3 aliphatic rings. The first kappa shape index (κ1) is 13.3. The van der Waals surface area contributed by atoms with Gasteiger partial charge in [-0.15, -0.1) is 0 Å². The van der Waals surface area contributed by atoms with Crippen LogP contribution < -0.4 is 0 Å². The Morgan fingerprint density at radius 2 is 2.09 bits per heavy atom. The molecule has 3 saturated heterocycles. The van der Waals surface area contributed by atoms with Gasteiger partial charge < -0.3 is 14.4 Å². The number of hydrogen-bond donors (Lipinski definition) is 0. The van der Waals surface area contributed by atoms with Crippen LogP contribution in [0.4, 0.5) is 0 Å². The van der Waals surface area contributed by atoms with Crippen LogP contribution in [-0.4, -0.2) is 46.7 Å². The maximum absolute atomic E-state index is 12.5. The number of fused-ring (bicyclic) bond motifs is 5. The zero-order chi connectivity index (χ0) is 15.5. The minimum Gasteiger partial charge on any atom is -0.441 e. The summed E-state index contributed by atoms with van der Waals surface area (Å²) in [5.41, 5.74) is -0.644. The number of amides is 1. The van der Waals surface area contributed by atoms with E-state index in [-0.39, 0.29) is 24.1 Å². The standard InChI is InChI=1S/C16H14N2O4/c1-9(19)22-16(8-17)7-11-12-13(14(16)21-11)18(12)15(20)10-5-3-2-4-6-10/h2-6,11-14H,7H2,1H3/t11-,12-,13-,14-,16+,18?/m0/s1. The number of carbonyl (C=O) groups is 2. The van der Waals surface area contributed by atoms with Crippen LogP contribution >= 0.6 is 0 Å². The first-order valence-electron chi connectivity index (χ1n) is 7.21. The molecule has 4 rings (SSSR count). The summed E-state index contributed by atoms with van der Waals surface area (Å²) in [4.78, 5) is 25.6. The minimum atomic E-state index is -1.26. The Bertz CT molecular complexity index is 698. The van der Waals surface area contributed by atoms with Crippen LogP contribution in [0.2, 0.25) is 0 Å². The van der Waals surface area contributed by atoms with Gasteiger partial charge >= 0.3 is 5.97 Å². The summed E-state index contributed by atoms with van der Waals surface area (Å²) in [6.07, 6.45) is -0.459. The summed E-state index contributed by atoms with van der Waals surface area (Å²) in [6, 6.07) is 10.9. The lowest BCUT2D eigenvalue weighted by Gasteiger charge is -2.26. The molecule has 3 aliphatic heterocycles. The molecule has 0 unspecified atom stereocenters. The topological polar surface area (TPSA) is 79.4 Å². The third-order valence-corrected chi connectivity index (χ3v) is 4.65. The molecule has 2 bridgehead atoms. The van der Waals surface area contributed by atoms with E-state index in [9.17, 15) is 14.9 Å². The number of likely N-dealkylation sites (tertiary alicyclic amines) is 1. The van der Waals surface area contributed by atoms with Gasteiger partial charge in [-0.3, -0.25) is 9.59 Å². The second-order valence-corrected chi connectivity index (χ2v) is 5.95. The number of esters is 1. The summed E-state index contributed by atoms with van der Waals surface area (Å²) in [5.74, 6) is -0.568. The fourth-order valence-corrected chi connectivity index (χ4v) is 3.80. The van der Waals surface area contributed by atoms with Crippen molar-refractivity contribution in [3.63, 3.8) is 0 Å². The zero-order valence-corrected chi connectivity index (χ0v) is 11.9. The third kappa shape index (κ3) is 1.63. The molecule has 1 amide bonds. The van der Waals surface area contributed by atoms with Gasteiger partial charge in [-0.25, -0.2) is 0 Å². The van der Waals surface area contributed by atoms with Crippen LogP contribution in [0.15, 0.2) is 30.3 Å². The van der Waals surface area contributed by atoms with Crippen LogP contribution in [0.1, 0.15) is 23.7 Å². The minimum absolute atomic E-state index is 0.00487. The molecule has 0 aliphatic carbocycles. The Hall–Kier alpha value is -2.39. The van der Waals surface area contributed by atoms with E-state index in [2.05, 4.69) is 6.07 Å². The Labute approximate surface area is 127 Å². The Morgan fingerprint density at radius 3 is 2.73 bits per heavy atom. The predicted octanol–water partition coefficient (Wildman–Crippen LogP) is 0.876. The fraction of sp³-hybridized carbons (Fsp3) is 0.438. The molecule has 6 nitrogen and oxygen atoms in total. The number of hydrogen-bond acceptors (Lipinski definition) is 5. The molecule has 0 radical (unpaired) electrons. The van der Waals surface area contributed by atoms with Crippen molar-refractivity contribution in [2.45, 2.75) is 43.2 Å². The lowest BCUT2D eigenvalue weighted by atomic mass is 9.86. The summed E-state index contributed by atoms with van der Waals surface area (Å²) < 4.78 is 11.0. The van der Waals surface area contributed by atoms with Gasteiger partial charge in [0.15, 0.2) is 0 Å². The first-order chi connectivity index (χ1) is 10.6. The van der Waals surface area contributed by atoms with Gasteiger partial charge in [-0.1, -0.05) is 18.2 Å². The fourth-order valence-electron chi connectivity index (χ4n) is 3.80. The monoisotopic (exact) mass is 298 g/mol. The van der Waals surface area contributed by atoms with E-state index < -0.39 is 17.7 Å². The van der Waals surface area contributed by atoms with Gasteiger partial charge in [-0.2, -0.15) is 5.26 Å². The molecule has 22 heavy (non-hydrogen) atoms. The number of rotatable bonds is 2. The van der Waals surface area contributed by atoms with E-state index in [0.29, 0.717) is 12.0 Å². The Balaban J connectivity index is 1.58. The molecule has 5 atom stereocenters. The second-order valence-electron chi connectivity index (χ2n) is 5.95. The van der Waals surface area contributed by atoms with Gasteiger partial charge in [0.05, 0.1) is 18.2 Å². The van der Waals surface area contributed by atoms with Gasteiger partial charge in [0.25, 0.3) is 5.91 Å². The Kier molecular flexibility index (Phi) is 2.60. The van der Waals surface area contributed by atoms with Crippen molar-refractivity contribution in [3.05, 3.63) is 35.9 Å². The lowest BCUT2D eigenvalue weighted by Crippen LogP contribution is -2.46. The van der Waals surface area contributed by atoms with Crippen molar-refractivity contribution >= 4 is 11.9 Å². The average molecular weight is 298 g/mol. The summed E-state index contributed by atoms with van der Waals surface area (Å²) in [5, 5.41) is 9.46. The molecule has 0 aromatic heterocycles. The molecule has 0 spiro atoms. The van der Waals surface area contributed by atoms with Crippen LogP contribution in [-0.2, 0) is 14.3 Å². The van der Waals surface area contributed by atoms with Crippen molar-refractivity contribution in [1.29, 1.82) is 5.26 Å². The molecule has 1 aromatic carbocycles. The summed E-state index contributed by atoms with van der Waals surface area (Å²) in [6.45, 7) is 1.28. The highest BCUT2D eigenvalue weighted by Crippen LogP contribution is 2.56. The van der Waals surface area contributed by atoms with Crippen molar-refractivity contribution in [2.75, 3.05) is 0 Å². The largest absolute Gasteiger partial charge is 0.441 e. The van der Waals surface area contributed by atoms with E-state index in [1.807, 2.05) is 18.2 Å². The smallest absolute Gasteiger partial charge is 0.304 e. The van der Waals surface area contributed by atoms with Crippen molar-refractivity contribution < 1.29 is 19.1 Å². The molecule has 0 saturated carbocycles. The highest BCUT2D eigenvalue weighted by atomic mass is 16.6. The van der Waals surface area contributed by atoms with Crippen molar-refractivity contribution in [2.24, 2.45) is 0 Å². The van der Waals surface area contributed by atoms with E-state index in [1.165, 1.54) is 6.92 Å². The molecule has 112 valence electrons. The van der Waals surface area contributed by atoms with Crippen molar-refractivity contribution in [3.8, 4) is 6.07 Å². The van der Waals surface area contributed by atoms with Gasteiger partial charge in [0.1, 0.15) is 12.2 Å². The number of benzene rings is 1. The highest BCUT2D eigenvalue weighted by Gasteiger charge is 2.76. The molecule has 3 fully saturated rings. The van der Waals surface area contributed by atoms with E-state index in [4.69, 9.17) is 9.47 Å². The van der Waals surface area contributed by atoms with Crippen molar-refractivity contribution in [1.82, 2.24) is 4.90 Å². The number of ether oxygens (including phenoxy) is 2. The van der Waals surface area contributed by atoms with Crippen LogP contribution in [0.3, 0.4) is 0 Å². The van der Waals surface area contributed by atoms with Crippen LogP contribution in [0.25, 0.3) is 0 Å². The van der Waals surface area contributed by atoms with Crippen LogP contribution in [0, 0.1) is 11.3 Å².